The molecule has 0 fully saturated rings. The number of fused-ring (bicyclic) bond motifs is 1. The Morgan fingerprint density at radius 2 is 1.85 bits per heavy atom. The van der Waals surface area contributed by atoms with Gasteiger partial charge in [0.25, 0.3) is 5.56 Å². The second kappa shape index (κ2) is 10.9. The molecule has 0 saturated heterocycles. The Labute approximate surface area is 195 Å². The summed E-state index contributed by atoms with van der Waals surface area (Å²) in [4.78, 5) is 42.2. The number of urea groups is 1. The van der Waals surface area contributed by atoms with Crippen molar-refractivity contribution in [3.63, 3.8) is 0 Å². The quantitative estimate of drug-likeness (QED) is 0.385. The number of rotatable bonds is 8. The molecule has 1 atom stereocenters. The third kappa shape index (κ3) is 5.64. The number of carbonyl (C=O) groups is 2. The molecule has 1 heterocycles. The molecule has 0 aliphatic carbocycles. The molecule has 0 aliphatic rings. The third-order valence-corrected chi connectivity index (χ3v) is 5.93. The Morgan fingerprint density at radius 3 is 2.55 bits per heavy atom. The predicted molar refractivity (Wildman–Crippen MR) is 127 cm³/mol. The maximum absolute atomic E-state index is 13.3. The third-order valence-electron chi connectivity index (χ3n) is 4.84. The van der Waals surface area contributed by atoms with Gasteiger partial charge >= 0.3 is 6.03 Å². The predicted octanol–water partition coefficient (Wildman–Crippen LogP) is 2.79. The number of imide groups is 1. The summed E-state index contributed by atoms with van der Waals surface area (Å²) in [7, 11) is 3.10. The van der Waals surface area contributed by atoms with Gasteiger partial charge in [0.15, 0.2) is 16.7 Å². The van der Waals surface area contributed by atoms with Crippen LogP contribution in [0.25, 0.3) is 10.9 Å². The lowest BCUT2D eigenvalue weighted by Gasteiger charge is -2.17. The lowest BCUT2D eigenvalue weighted by molar-refractivity contribution is -0.119. The Morgan fingerprint density at radius 1 is 1.12 bits per heavy atom. The molecule has 1 unspecified atom stereocenters. The summed E-state index contributed by atoms with van der Waals surface area (Å²) in [6, 6.07) is 11.9. The molecule has 0 aliphatic heterocycles. The van der Waals surface area contributed by atoms with Crippen LogP contribution in [0.2, 0.25) is 0 Å². The van der Waals surface area contributed by atoms with Crippen molar-refractivity contribution in [2.24, 2.45) is 0 Å². The summed E-state index contributed by atoms with van der Waals surface area (Å²) in [6.07, 6.45) is 0. The number of methoxy groups -OCH3 is 2. The summed E-state index contributed by atoms with van der Waals surface area (Å²) in [5.41, 5.74) is 1.10. The topological polar surface area (TPSA) is 112 Å². The van der Waals surface area contributed by atoms with Crippen molar-refractivity contribution >= 4 is 34.6 Å². The second-order valence-electron chi connectivity index (χ2n) is 7.10. The van der Waals surface area contributed by atoms with E-state index in [1.165, 1.54) is 4.57 Å². The lowest BCUT2D eigenvalue weighted by Crippen LogP contribution is -2.42. The van der Waals surface area contributed by atoms with E-state index in [-0.39, 0.29) is 12.1 Å². The maximum atomic E-state index is 13.3. The number of aromatic nitrogens is 2. The molecule has 2 N–H and O–H groups in total. The molecular weight excluding hydrogens is 444 g/mol. The number of amides is 3. The molecule has 0 radical (unpaired) electrons. The molecule has 3 amide bonds. The van der Waals surface area contributed by atoms with Crippen LogP contribution < -0.4 is 25.7 Å². The Hall–Kier alpha value is -3.53. The van der Waals surface area contributed by atoms with Gasteiger partial charge < -0.3 is 14.8 Å². The van der Waals surface area contributed by atoms with Gasteiger partial charge in [-0.3, -0.25) is 19.5 Å². The van der Waals surface area contributed by atoms with Crippen LogP contribution in [0.5, 0.6) is 11.5 Å². The number of hydrogen-bond donors (Lipinski definition) is 2. The monoisotopic (exact) mass is 470 g/mol. The zero-order valence-corrected chi connectivity index (χ0v) is 19.7. The molecule has 3 rings (SSSR count). The van der Waals surface area contributed by atoms with E-state index >= 15 is 0 Å². The molecule has 0 saturated carbocycles. The minimum atomic E-state index is -0.669. The van der Waals surface area contributed by atoms with Crippen molar-refractivity contribution in [3.8, 4) is 11.5 Å². The fraction of sp³-hybridized carbons (Fsp3) is 0.304. The molecule has 174 valence electrons. The van der Waals surface area contributed by atoms with E-state index in [0.29, 0.717) is 34.1 Å². The Bertz CT molecular complexity index is 1230. The molecule has 2 aromatic carbocycles. The largest absolute Gasteiger partial charge is 0.493 e. The minimum absolute atomic E-state index is 0.212. The van der Waals surface area contributed by atoms with Gasteiger partial charge in [-0.05, 0) is 43.7 Å². The van der Waals surface area contributed by atoms with Crippen LogP contribution in [0.4, 0.5) is 4.79 Å². The first-order valence-electron chi connectivity index (χ1n) is 10.3. The van der Waals surface area contributed by atoms with E-state index in [2.05, 4.69) is 15.6 Å². The number of para-hydroxylation sites is 1. The Kier molecular flexibility index (Phi) is 7.94. The summed E-state index contributed by atoms with van der Waals surface area (Å²) < 4.78 is 12.2. The lowest BCUT2D eigenvalue weighted by atomic mass is 10.2. The second-order valence-corrected chi connectivity index (χ2v) is 8.41. The maximum Gasteiger partial charge on any atom is 0.321 e. The van der Waals surface area contributed by atoms with E-state index < -0.39 is 17.2 Å². The fourth-order valence-electron chi connectivity index (χ4n) is 3.17. The summed E-state index contributed by atoms with van der Waals surface area (Å²) in [5, 5.41) is 4.99. The average molecular weight is 471 g/mol. The highest BCUT2D eigenvalue weighted by molar-refractivity contribution is 8.00. The zero-order chi connectivity index (χ0) is 24.0. The number of ether oxygens (including phenoxy) is 2. The number of nitrogens with one attached hydrogen (secondary N) is 2. The van der Waals surface area contributed by atoms with Crippen molar-refractivity contribution in [1.29, 1.82) is 0 Å². The van der Waals surface area contributed by atoms with E-state index in [1.807, 2.05) is 6.07 Å². The van der Waals surface area contributed by atoms with Crippen molar-refractivity contribution in [2.75, 3.05) is 20.8 Å². The van der Waals surface area contributed by atoms with E-state index in [9.17, 15) is 14.4 Å². The van der Waals surface area contributed by atoms with Crippen LogP contribution >= 0.6 is 11.8 Å². The van der Waals surface area contributed by atoms with Gasteiger partial charge in [-0.2, -0.15) is 0 Å². The van der Waals surface area contributed by atoms with Gasteiger partial charge in [0.2, 0.25) is 5.91 Å². The SMILES string of the molecule is CCNC(=O)NC(=O)C(C)Sc1nc2ccccc2c(=O)n1Cc1ccc(OC)c(OC)c1. The zero-order valence-electron chi connectivity index (χ0n) is 18.9. The van der Waals surface area contributed by atoms with Crippen LogP contribution in [0.15, 0.2) is 52.4 Å². The van der Waals surface area contributed by atoms with Crippen molar-refractivity contribution in [2.45, 2.75) is 30.8 Å². The van der Waals surface area contributed by atoms with Crippen LogP contribution in [-0.2, 0) is 11.3 Å². The van der Waals surface area contributed by atoms with Crippen molar-refractivity contribution in [1.82, 2.24) is 20.2 Å². The van der Waals surface area contributed by atoms with Gasteiger partial charge in [0.05, 0.1) is 36.9 Å². The number of benzene rings is 2. The standard InChI is InChI=1S/C23H26N4O5S/c1-5-24-22(30)26-20(28)14(2)33-23-25-17-9-7-6-8-16(17)21(29)27(23)13-15-10-11-18(31-3)19(12-15)32-4/h6-12,14H,5,13H2,1-4H3,(H2,24,26,28,30). The van der Waals surface area contributed by atoms with Crippen molar-refractivity contribution in [3.05, 3.63) is 58.4 Å². The van der Waals surface area contributed by atoms with E-state index in [0.717, 1.165) is 17.3 Å². The first-order valence-corrected chi connectivity index (χ1v) is 11.2. The molecule has 10 heteroatoms. The highest BCUT2D eigenvalue weighted by Crippen LogP contribution is 2.29. The van der Waals surface area contributed by atoms with Crippen LogP contribution in [-0.4, -0.2) is 47.5 Å². The summed E-state index contributed by atoms with van der Waals surface area (Å²) in [5.74, 6) is 0.641. The van der Waals surface area contributed by atoms with Gasteiger partial charge in [-0.25, -0.2) is 9.78 Å². The number of hydrogen-bond acceptors (Lipinski definition) is 7. The van der Waals surface area contributed by atoms with Crippen LogP contribution in [0.1, 0.15) is 19.4 Å². The van der Waals surface area contributed by atoms with E-state index in [4.69, 9.17) is 9.47 Å². The van der Waals surface area contributed by atoms with Gasteiger partial charge in [0, 0.05) is 6.54 Å². The molecule has 33 heavy (non-hydrogen) atoms. The van der Waals surface area contributed by atoms with Gasteiger partial charge in [0.1, 0.15) is 0 Å². The smallest absolute Gasteiger partial charge is 0.321 e. The minimum Gasteiger partial charge on any atom is -0.493 e. The molecule has 0 bridgehead atoms. The number of carbonyl (C=O) groups excluding carboxylic acids is 2. The van der Waals surface area contributed by atoms with Gasteiger partial charge in [-0.15, -0.1) is 0 Å². The van der Waals surface area contributed by atoms with Crippen molar-refractivity contribution < 1.29 is 19.1 Å². The summed E-state index contributed by atoms with van der Waals surface area (Å²) in [6.45, 7) is 4.02. The highest BCUT2D eigenvalue weighted by atomic mass is 32.2. The first kappa shape index (κ1) is 24.1. The average Bonchev–Trinajstić information content (AvgIpc) is 2.81. The number of nitrogens with zero attached hydrogens (tertiary/aromatic N) is 2. The van der Waals surface area contributed by atoms with E-state index in [1.54, 1.807) is 64.5 Å². The van der Waals surface area contributed by atoms with Crippen LogP contribution in [0, 0.1) is 0 Å². The first-order chi connectivity index (χ1) is 15.9. The fourth-order valence-corrected chi connectivity index (χ4v) is 4.08. The van der Waals surface area contributed by atoms with Gasteiger partial charge in [-0.1, -0.05) is 30.0 Å². The summed E-state index contributed by atoms with van der Waals surface area (Å²) >= 11 is 1.11. The number of thioether (sulfide) groups is 1. The Balaban J connectivity index is 1.98. The molecule has 1 aromatic heterocycles. The highest BCUT2D eigenvalue weighted by Gasteiger charge is 2.21. The molecule has 3 aromatic rings. The molecule has 0 spiro atoms. The van der Waals surface area contributed by atoms with Crippen LogP contribution in [0.3, 0.4) is 0 Å². The molecule has 9 nitrogen and oxygen atoms in total. The normalized spacial score (nSPS) is 11.6. The molecular formula is C23H26N4O5S.